The maximum Gasteiger partial charge on any atom is 0.294 e. The number of carbonyl (C=O) groups is 3. The zero-order chi connectivity index (χ0) is 29.6. The largest absolute Gasteiger partial charge is 0.503 e. The number of methoxy groups -OCH3 is 1. The molecule has 1 aromatic heterocycles. The Hall–Kier alpha value is -4.56. The number of benzene rings is 3. The number of nitrogens with zero attached hydrogens (tertiary/aromatic N) is 1. The van der Waals surface area contributed by atoms with E-state index >= 15 is 0 Å². The Bertz CT molecular complexity index is 1730. The lowest BCUT2D eigenvalue weighted by Crippen LogP contribution is -2.31. The minimum absolute atomic E-state index is 0.0833. The second-order valence-corrected chi connectivity index (χ2v) is 11.3. The van der Waals surface area contributed by atoms with E-state index in [0.29, 0.717) is 38.7 Å². The van der Waals surface area contributed by atoms with E-state index in [4.69, 9.17) is 20.8 Å². The van der Waals surface area contributed by atoms with E-state index in [1.807, 2.05) is 24.3 Å². The third-order valence-electron chi connectivity index (χ3n) is 6.98. The average molecular weight is 573 g/mol. The zero-order valence-corrected chi connectivity index (χ0v) is 24.0. The Kier molecular flexibility index (Phi) is 7.13. The van der Waals surface area contributed by atoms with Gasteiger partial charge in [-0.25, -0.2) is 0 Å². The lowest BCUT2D eigenvalue weighted by molar-refractivity contribution is -0.117. The van der Waals surface area contributed by atoms with Crippen molar-refractivity contribution >= 4 is 51.5 Å². The van der Waals surface area contributed by atoms with E-state index in [2.05, 4.69) is 26.1 Å². The number of anilines is 2. The first kappa shape index (κ1) is 28.0. The van der Waals surface area contributed by atoms with Crippen LogP contribution in [0.25, 0.3) is 11.0 Å². The molecule has 4 aromatic rings. The maximum atomic E-state index is 14.0. The first-order valence-corrected chi connectivity index (χ1v) is 13.3. The molecule has 1 atom stereocenters. The van der Waals surface area contributed by atoms with Crippen molar-refractivity contribution in [2.75, 3.05) is 17.3 Å². The van der Waals surface area contributed by atoms with Crippen molar-refractivity contribution in [3.05, 3.63) is 100.0 Å². The number of Topliss-reactive ketones (excluding diaryl/α,β-unsaturated/α-hetero) is 1. The fraction of sp³-hybridized carbons (Fsp3) is 0.219. The highest BCUT2D eigenvalue weighted by molar-refractivity contribution is 6.31. The van der Waals surface area contributed by atoms with Gasteiger partial charge in [0.05, 0.1) is 18.7 Å². The number of furan rings is 1. The number of ketones is 1. The SMILES string of the molecule is COc1cc(Cl)cc2cc(C(=O)C3=C(O)C(=O)N(c4cccc(NC(C)=O)c4)C3c3ccc(C(C)(C)C)cc3)oc12. The molecule has 0 bridgehead atoms. The van der Waals surface area contributed by atoms with Crippen molar-refractivity contribution in [2.24, 2.45) is 0 Å². The fourth-order valence-corrected chi connectivity index (χ4v) is 5.22. The molecule has 0 saturated heterocycles. The van der Waals surface area contributed by atoms with Gasteiger partial charge in [0.15, 0.2) is 22.9 Å². The summed E-state index contributed by atoms with van der Waals surface area (Å²) in [6.07, 6.45) is 0. The molecule has 0 spiro atoms. The molecule has 41 heavy (non-hydrogen) atoms. The highest BCUT2D eigenvalue weighted by atomic mass is 35.5. The van der Waals surface area contributed by atoms with Gasteiger partial charge in [-0.15, -0.1) is 0 Å². The van der Waals surface area contributed by atoms with Crippen molar-refractivity contribution in [1.82, 2.24) is 0 Å². The van der Waals surface area contributed by atoms with Gasteiger partial charge in [-0.05, 0) is 46.9 Å². The van der Waals surface area contributed by atoms with Gasteiger partial charge >= 0.3 is 0 Å². The van der Waals surface area contributed by atoms with Crippen LogP contribution in [-0.4, -0.2) is 29.8 Å². The zero-order valence-electron chi connectivity index (χ0n) is 23.2. The van der Waals surface area contributed by atoms with E-state index in [-0.39, 0.29) is 22.7 Å². The van der Waals surface area contributed by atoms with Crippen LogP contribution in [0.15, 0.2) is 82.5 Å². The van der Waals surface area contributed by atoms with Crippen molar-refractivity contribution in [2.45, 2.75) is 39.2 Å². The molecule has 0 radical (unpaired) electrons. The van der Waals surface area contributed by atoms with Crippen LogP contribution in [0.2, 0.25) is 5.02 Å². The third kappa shape index (κ3) is 5.18. The monoisotopic (exact) mass is 572 g/mol. The molecule has 1 unspecified atom stereocenters. The maximum absolute atomic E-state index is 14.0. The molecule has 2 amide bonds. The Morgan fingerprint density at radius 2 is 1.76 bits per heavy atom. The number of amides is 2. The van der Waals surface area contributed by atoms with Gasteiger partial charge in [0.2, 0.25) is 11.7 Å². The van der Waals surface area contributed by atoms with Crippen molar-refractivity contribution in [1.29, 1.82) is 0 Å². The minimum Gasteiger partial charge on any atom is -0.503 e. The molecule has 2 heterocycles. The number of aliphatic hydroxyl groups excluding tert-OH is 1. The predicted molar refractivity (Wildman–Crippen MR) is 158 cm³/mol. The number of ether oxygens (including phenoxy) is 1. The first-order valence-electron chi connectivity index (χ1n) is 13.0. The van der Waals surface area contributed by atoms with Crippen molar-refractivity contribution in [3.8, 4) is 5.75 Å². The summed E-state index contributed by atoms with van der Waals surface area (Å²) in [6.45, 7) is 7.64. The van der Waals surface area contributed by atoms with E-state index in [1.54, 1.807) is 36.4 Å². The Morgan fingerprint density at radius 3 is 2.39 bits per heavy atom. The summed E-state index contributed by atoms with van der Waals surface area (Å²) in [5.74, 6) is -2.11. The topological polar surface area (TPSA) is 109 Å². The Balaban J connectivity index is 1.66. The number of fused-ring (bicyclic) bond motifs is 1. The Morgan fingerprint density at radius 1 is 1.05 bits per heavy atom. The van der Waals surface area contributed by atoms with Crippen LogP contribution in [0.1, 0.15) is 55.4 Å². The number of aliphatic hydroxyl groups is 1. The molecular formula is C32H29ClN2O6. The van der Waals surface area contributed by atoms with Crippen molar-refractivity contribution < 1.29 is 28.6 Å². The molecule has 2 N–H and O–H groups in total. The van der Waals surface area contributed by atoms with Gasteiger partial charge in [0, 0.05) is 34.8 Å². The summed E-state index contributed by atoms with van der Waals surface area (Å²) in [5, 5.41) is 14.8. The van der Waals surface area contributed by atoms with Crippen LogP contribution in [0.4, 0.5) is 11.4 Å². The average Bonchev–Trinajstić information content (AvgIpc) is 3.46. The number of nitrogens with one attached hydrogen (secondary N) is 1. The molecule has 1 aliphatic rings. The van der Waals surface area contributed by atoms with Crippen LogP contribution in [0, 0.1) is 0 Å². The van der Waals surface area contributed by atoms with E-state index in [9.17, 15) is 19.5 Å². The normalized spacial score (nSPS) is 15.5. The van der Waals surface area contributed by atoms with Crippen LogP contribution in [-0.2, 0) is 15.0 Å². The van der Waals surface area contributed by atoms with E-state index in [1.165, 1.54) is 25.0 Å². The number of hydrogen-bond acceptors (Lipinski definition) is 6. The number of hydrogen-bond donors (Lipinski definition) is 2. The first-order chi connectivity index (χ1) is 19.4. The molecule has 0 aliphatic carbocycles. The van der Waals surface area contributed by atoms with Gasteiger partial charge in [0.25, 0.3) is 5.91 Å². The van der Waals surface area contributed by atoms with Gasteiger partial charge in [0.1, 0.15) is 0 Å². The molecule has 0 saturated carbocycles. The summed E-state index contributed by atoms with van der Waals surface area (Å²) >= 11 is 6.21. The quantitative estimate of drug-likeness (QED) is 0.238. The van der Waals surface area contributed by atoms with Crippen LogP contribution < -0.4 is 15.0 Å². The van der Waals surface area contributed by atoms with Crippen LogP contribution >= 0.6 is 11.6 Å². The van der Waals surface area contributed by atoms with Crippen LogP contribution in [0.5, 0.6) is 5.75 Å². The number of halogens is 1. The minimum atomic E-state index is -0.977. The smallest absolute Gasteiger partial charge is 0.294 e. The highest BCUT2D eigenvalue weighted by Crippen LogP contribution is 2.44. The summed E-state index contributed by atoms with van der Waals surface area (Å²) in [4.78, 5) is 40.7. The molecule has 3 aromatic carbocycles. The van der Waals surface area contributed by atoms with Gasteiger partial charge < -0.3 is 19.6 Å². The third-order valence-corrected chi connectivity index (χ3v) is 7.20. The summed E-state index contributed by atoms with van der Waals surface area (Å²) in [5.41, 5.74) is 2.58. The lowest BCUT2D eigenvalue weighted by atomic mass is 9.85. The molecule has 210 valence electrons. The molecule has 1 aliphatic heterocycles. The predicted octanol–water partition coefficient (Wildman–Crippen LogP) is 7.13. The second-order valence-electron chi connectivity index (χ2n) is 10.9. The molecule has 5 rings (SSSR count). The molecular weight excluding hydrogens is 544 g/mol. The number of rotatable bonds is 6. The summed E-state index contributed by atoms with van der Waals surface area (Å²) in [6, 6.07) is 18.0. The Labute approximate surface area is 242 Å². The fourth-order valence-electron chi connectivity index (χ4n) is 5.00. The summed E-state index contributed by atoms with van der Waals surface area (Å²) in [7, 11) is 1.46. The van der Waals surface area contributed by atoms with Crippen LogP contribution in [0.3, 0.4) is 0 Å². The van der Waals surface area contributed by atoms with E-state index in [0.717, 1.165) is 5.56 Å². The molecule has 0 fully saturated rings. The standard InChI is InChI=1S/C32H29ClN2O6/c1-17(36)34-22-7-6-8-23(16-22)35-27(18-9-11-20(12-10-18)32(2,3)4)26(29(38)31(35)39)28(37)24-14-19-13-21(33)15-25(40-5)30(19)41-24/h6-16,27,38H,1-5H3,(H,34,36). The molecule has 9 heteroatoms. The summed E-state index contributed by atoms with van der Waals surface area (Å²) < 4.78 is 11.3. The lowest BCUT2D eigenvalue weighted by Gasteiger charge is -2.28. The highest BCUT2D eigenvalue weighted by Gasteiger charge is 2.45. The van der Waals surface area contributed by atoms with Gasteiger partial charge in [-0.1, -0.05) is 62.7 Å². The van der Waals surface area contributed by atoms with Gasteiger partial charge in [-0.2, -0.15) is 0 Å². The molecule has 8 nitrogen and oxygen atoms in total. The number of carbonyl (C=O) groups excluding carboxylic acids is 3. The van der Waals surface area contributed by atoms with Crippen molar-refractivity contribution in [3.63, 3.8) is 0 Å². The van der Waals surface area contributed by atoms with Gasteiger partial charge in [-0.3, -0.25) is 19.3 Å². The van der Waals surface area contributed by atoms with E-state index < -0.39 is 23.5 Å². The second kappa shape index (κ2) is 10.4.